The van der Waals surface area contributed by atoms with E-state index in [1.165, 1.54) is 0 Å². The second-order valence-electron chi connectivity index (χ2n) is 6.65. The van der Waals surface area contributed by atoms with Crippen molar-refractivity contribution in [3.05, 3.63) is 60.0 Å². The van der Waals surface area contributed by atoms with E-state index in [1.807, 2.05) is 49.4 Å². The third-order valence-corrected chi connectivity index (χ3v) is 4.76. The van der Waals surface area contributed by atoms with Gasteiger partial charge in [0.2, 0.25) is 0 Å². The fraction of sp³-hybridized carbons (Fsp3) is 0.190. The molecule has 0 aliphatic heterocycles. The molecule has 0 aliphatic carbocycles. The Kier molecular flexibility index (Phi) is 4.35. The first-order chi connectivity index (χ1) is 13.5. The van der Waals surface area contributed by atoms with E-state index in [0.717, 1.165) is 39.6 Å². The third-order valence-electron chi connectivity index (χ3n) is 4.76. The van der Waals surface area contributed by atoms with Gasteiger partial charge in [-0.1, -0.05) is 0 Å². The molecule has 0 radical (unpaired) electrons. The van der Waals surface area contributed by atoms with Gasteiger partial charge in [-0.05, 0) is 55.5 Å². The Bertz CT molecular complexity index is 1160. The number of benzene rings is 2. The predicted octanol–water partition coefficient (Wildman–Crippen LogP) is 3.56. The van der Waals surface area contributed by atoms with Crippen LogP contribution in [0, 0.1) is 6.92 Å². The molecule has 0 saturated heterocycles. The monoisotopic (exact) mass is 375 g/mol. The molecule has 0 fully saturated rings. The number of hydrogen-bond donors (Lipinski definition) is 1. The van der Waals surface area contributed by atoms with Gasteiger partial charge in [0.15, 0.2) is 0 Å². The fourth-order valence-corrected chi connectivity index (χ4v) is 3.19. The maximum atomic E-state index is 13.1. The van der Waals surface area contributed by atoms with Gasteiger partial charge in [-0.2, -0.15) is 5.10 Å². The van der Waals surface area contributed by atoms with Crippen LogP contribution < -0.4 is 9.64 Å². The van der Waals surface area contributed by atoms with Crippen molar-refractivity contribution in [3.8, 4) is 17.0 Å². The summed E-state index contributed by atoms with van der Waals surface area (Å²) in [5.41, 5.74) is 4.74. The Balaban J connectivity index is 1.63. The summed E-state index contributed by atoms with van der Waals surface area (Å²) in [6.45, 7) is 1.91. The molecule has 2 aromatic heterocycles. The van der Waals surface area contributed by atoms with E-state index in [9.17, 15) is 4.79 Å². The van der Waals surface area contributed by atoms with Crippen molar-refractivity contribution in [2.75, 3.05) is 19.1 Å². The maximum absolute atomic E-state index is 13.1. The second kappa shape index (κ2) is 6.84. The molecule has 0 bridgehead atoms. The van der Waals surface area contributed by atoms with Crippen molar-refractivity contribution in [3.63, 3.8) is 0 Å². The predicted molar refractivity (Wildman–Crippen MR) is 109 cm³/mol. The quantitative estimate of drug-likeness (QED) is 0.592. The molecule has 7 heteroatoms. The minimum absolute atomic E-state index is 0.134. The van der Waals surface area contributed by atoms with Gasteiger partial charge in [-0.3, -0.25) is 9.48 Å². The molecule has 7 nitrogen and oxygen atoms in total. The van der Waals surface area contributed by atoms with Gasteiger partial charge in [0.1, 0.15) is 17.3 Å². The lowest BCUT2D eigenvalue weighted by Crippen LogP contribution is -2.28. The summed E-state index contributed by atoms with van der Waals surface area (Å²) in [5, 5.41) is 4.50. The Morgan fingerprint density at radius 2 is 1.89 bits per heavy atom. The van der Waals surface area contributed by atoms with Crippen LogP contribution in [0.15, 0.2) is 48.5 Å². The smallest absolute Gasteiger partial charge is 0.276 e. The fourth-order valence-electron chi connectivity index (χ4n) is 3.19. The van der Waals surface area contributed by atoms with Gasteiger partial charge in [0.25, 0.3) is 5.91 Å². The number of methoxy groups -OCH3 is 1. The molecule has 4 aromatic rings. The number of amides is 1. The Morgan fingerprint density at radius 1 is 1.14 bits per heavy atom. The lowest BCUT2D eigenvalue weighted by Gasteiger charge is -2.17. The highest BCUT2D eigenvalue weighted by Gasteiger charge is 2.20. The zero-order chi connectivity index (χ0) is 19.8. The number of anilines is 1. The highest BCUT2D eigenvalue weighted by atomic mass is 16.5. The van der Waals surface area contributed by atoms with E-state index in [2.05, 4.69) is 15.1 Å². The van der Waals surface area contributed by atoms with Gasteiger partial charge < -0.3 is 14.6 Å². The number of ether oxygens (including phenoxy) is 1. The van der Waals surface area contributed by atoms with Crippen molar-refractivity contribution < 1.29 is 9.53 Å². The van der Waals surface area contributed by atoms with E-state index in [0.29, 0.717) is 5.69 Å². The summed E-state index contributed by atoms with van der Waals surface area (Å²) in [6.07, 6.45) is 0. The van der Waals surface area contributed by atoms with E-state index in [-0.39, 0.29) is 5.91 Å². The maximum Gasteiger partial charge on any atom is 0.276 e. The number of carbonyl (C=O) groups excluding carboxylic acids is 1. The number of nitrogens with zero attached hydrogens (tertiary/aromatic N) is 4. The second-order valence-corrected chi connectivity index (χ2v) is 6.65. The number of aromatic nitrogens is 4. The van der Waals surface area contributed by atoms with Crippen LogP contribution in [0.5, 0.6) is 5.75 Å². The summed E-state index contributed by atoms with van der Waals surface area (Å²) >= 11 is 0. The largest absolute Gasteiger partial charge is 0.497 e. The number of fused-ring (bicyclic) bond motifs is 1. The van der Waals surface area contributed by atoms with Crippen LogP contribution in [0.4, 0.5) is 5.69 Å². The number of H-pyrrole nitrogens is 1. The van der Waals surface area contributed by atoms with Gasteiger partial charge in [0, 0.05) is 25.3 Å². The summed E-state index contributed by atoms with van der Waals surface area (Å²) in [4.78, 5) is 22.3. The molecular weight excluding hydrogens is 354 g/mol. The molecule has 0 aliphatic rings. The van der Waals surface area contributed by atoms with Gasteiger partial charge >= 0.3 is 0 Å². The molecular formula is C21H21N5O2. The van der Waals surface area contributed by atoms with Crippen molar-refractivity contribution in [1.82, 2.24) is 19.7 Å². The molecule has 0 atom stereocenters. The van der Waals surface area contributed by atoms with Gasteiger partial charge in [-0.25, -0.2) is 4.98 Å². The van der Waals surface area contributed by atoms with Gasteiger partial charge in [0.05, 0.1) is 23.8 Å². The minimum atomic E-state index is -0.134. The number of nitrogens with one attached hydrogen (secondary N) is 1. The van der Waals surface area contributed by atoms with E-state index in [1.54, 1.807) is 36.9 Å². The van der Waals surface area contributed by atoms with Crippen LogP contribution in [0.25, 0.3) is 22.3 Å². The first-order valence-corrected chi connectivity index (χ1v) is 8.89. The lowest BCUT2D eigenvalue weighted by molar-refractivity contribution is 0.0984. The number of hydrogen-bond acceptors (Lipinski definition) is 4. The molecule has 0 saturated carbocycles. The van der Waals surface area contributed by atoms with Crippen LogP contribution in [-0.2, 0) is 7.05 Å². The molecule has 0 spiro atoms. The summed E-state index contributed by atoms with van der Waals surface area (Å²) < 4.78 is 6.80. The van der Waals surface area contributed by atoms with Crippen LogP contribution >= 0.6 is 0 Å². The van der Waals surface area contributed by atoms with Crippen LogP contribution in [0.3, 0.4) is 0 Å². The molecule has 1 N–H and O–H groups in total. The zero-order valence-corrected chi connectivity index (χ0v) is 16.2. The SMILES string of the molecule is COc1ccc(-c2cc(C(=O)N(C)c3ccc4nc(C)[nH]c4c3)n(C)n2)cc1. The number of rotatable bonds is 4. The van der Waals surface area contributed by atoms with Crippen LogP contribution in [0.1, 0.15) is 16.3 Å². The number of carbonyl (C=O) groups is 1. The Labute approximate surface area is 162 Å². The third kappa shape index (κ3) is 3.11. The van der Waals surface area contributed by atoms with Crippen molar-refractivity contribution in [2.24, 2.45) is 7.05 Å². The highest BCUT2D eigenvalue weighted by molar-refractivity contribution is 6.05. The van der Waals surface area contributed by atoms with E-state index < -0.39 is 0 Å². The van der Waals surface area contributed by atoms with Gasteiger partial charge in [-0.15, -0.1) is 0 Å². The molecule has 142 valence electrons. The lowest BCUT2D eigenvalue weighted by atomic mass is 10.1. The number of aromatic amines is 1. The summed E-state index contributed by atoms with van der Waals surface area (Å²) in [7, 11) is 5.16. The summed E-state index contributed by atoms with van der Waals surface area (Å²) in [5.74, 6) is 1.49. The van der Waals surface area contributed by atoms with E-state index in [4.69, 9.17) is 4.74 Å². The molecule has 28 heavy (non-hydrogen) atoms. The van der Waals surface area contributed by atoms with Crippen molar-refractivity contribution in [2.45, 2.75) is 6.92 Å². The Morgan fingerprint density at radius 3 is 2.61 bits per heavy atom. The van der Waals surface area contributed by atoms with Crippen LogP contribution in [-0.4, -0.2) is 39.8 Å². The first kappa shape index (κ1) is 17.8. The standard InChI is InChI=1S/C21H21N5O2/c1-13-22-17-10-7-15(11-19(17)23-13)25(2)21(27)20-12-18(24-26(20)3)14-5-8-16(28-4)9-6-14/h5-12H,1-4H3,(H,22,23). The average molecular weight is 375 g/mol. The highest BCUT2D eigenvalue weighted by Crippen LogP contribution is 2.25. The normalized spacial score (nSPS) is 11.0. The molecule has 4 rings (SSSR count). The number of imidazole rings is 1. The van der Waals surface area contributed by atoms with Crippen LogP contribution in [0.2, 0.25) is 0 Å². The molecule has 1 amide bonds. The zero-order valence-electron chi connectivity index (χ0n) is 16.2. The first-order valence-electron chi connectivity index (χ1n) is 8.89. The molecule has 0 unspecified atom stereocenters. The Hall–Kier alpha value is -3.61. The minimum Gasteiger partial charge on any atom is -0.497 e. The van der Waals surface area contributed by atoms with E-state index >= 15 is 0 Å². The topological polar surface area (TPSA) is 76.0 Å². The molecule has 2 aromatic carbocycles. The molecule has 2 heterocycles. The number of aryl methyl sites for hydroxylation is 2. The van der Waals surface area contributed by atoms with Crippen molar-refractivity contribution in [1.29, 1.82) is 0 Å². The average Bonchev–Trinajstić information content (AvgIpc) is 3.27. The summed E-state index contributed by atoms with van der Waals surface area (Å²) in [6, 6.07) is 15.1. The van der Waals surface area contributed by atoms with Crippen molar-refractivity contribution >= 4 is 22.6 Å².